The van der Waals surface area contributed by atoms with Gasteiger partial charge in [0.25, 0.3) is 0 Å². The molecule has 0 unspecified atom stereocenters. The number of alkyl carbamates (subject to hydrolysis) is 1. The summed E-state index contributed by atoms with van der Waals surface area (Å²) in [5.41, 5.74) is 8.48. The number of anilines is 1. The Labute approximate surface area is 674 Å². The molecule has 590 valence electrons. The van der Waals surface area contributed by atoms with Crippen molar-refractivity contribution >= 4 is 126 Å². The molecule has 23 nitrogen and oxygen atoms in total. The molecule has 5 amide bonds. The summed E-state index contributed by atoms with van der Waals surface area (Å²) in [6.45, 7) is -0.481. The highest BCUT2D eigenvalue weighted by atomic mass is 32.2. The molecule has 12 aromatic carbocycles. The van der Waals surface area contributed by atoms with Crippen LogP contribution >= 0.6 is 0 Å². The summed E-state index contributed by atoms with van der Waals surface area (Å²) in [5.74, 6) is -3.47. The van der Waals surface area contributed by atoms with Crippen molar-refractivity contribution < 1.29 is 67.3 Å². The molecule has 1 aliphatic carbocycles. The van der Waals surface area contributed by atoms with Crippen molar-refractivity contribution in [3.8, 4) is 11.1 Å². The van der Waals surface area contributed by atoms with Gasteiger partial charge in [-0.1, -0.05) is 237 Å². The second kappa shape index (κ2) is 36.5. The van der Waals surface area contributed by atoms with Crippen LogP contribution in [0, 0.1) is 0 Å². The first-order valence-electron chi connectivity index (χ1n) is 38.7. The Kier molecular flexibility index (Phi) is 25.5. The van der Waals surface area contributed by atoms with Crippen molar-refractivity contribution in [2.75, 3.05) is 64.9 Å². The fourth-order valence-corrected chi connectivity index (χ4v) is 17.9. The molecule has 14 rings (SSSR count). The first-order valence-corrected chi connectivity index (χ1v) is 40.2. The number of hydrogen-bond acceptors (Lipinski definition) is 17. The minimum Gasteiger partial charge on any atom is -0.449 e. The molecule has 0 radical (unpaired) electrons. The van der Waals surface area contributed by atoms with Crippen LogP contribution in [0.15, 0.2) is 260 Å². The van der Waals surface area contributed by atoms with Gasteiger partial charge in [-0.25, -0.2) is 13.2 Å². The zero-order chi connectivity index (χ0) is 81.2. The Morgan fingerprint density at radius 2 is 0.983 bits per heavy atom. The third kappa shape index (κ3) is 18.4. The second-order valence-corrected chi connectivity index (χ2v) is 31.6. The lowest BCUT2D eigenvalue weighted by Crippen LogP contribution is -2.52. The smallest absolute Gasteiger partial charge is 0.449 e. The first-order chi connectivity index (χ1) is 56.1. The van der Waals surface area contributed by atoms with E-state index in [-0.39, 0.29) is 79.6 Å². The summed E-state index contributed by atoms with van der Waals surface area (Å²) in [5, 5.41) is 82.1. The van der Waals surface area contributed by atoms with E-state index in [2.05, 4.69) is 32.2 Å². The maximum absolute atomic E-state index is 15.8. The highest BCUT2D eigenvalue weighted by Gasteiger charge is 2.43. The van der Waals surface area contributed by atoms with E-state index in [0.717, 1.165) is 70.0 Å². The van der Waals surface area contributed by atoms with Crippen LogP contribution in [0.4, 0.5) is 10.5 Å². The van der Waals surface area contributed by atoms with Crippen LogP contribution in [-0.4, -0.2) is 187 Å². The molecular weight excluding hydrogens is 1480 g/mol. The molecule has 3 atom stereocenters. The van der Waals surface area contributed by atoms with E-state index in [4.69, 9.17) is 4.74 Å². The van der Waals surface area contributed by atoms with Gasteiger partial charge in [-0.15, -0.1) is 0 Å². The topological polar surface area (TPSA) is 314 Å². The summed E-state index contributed by atoms with van der Waals surface area (Å²) < 4.78 is 38.4. The van der Waals surface area contributed by atoms with Crippen molar-refractivity contribution in [1.82, 2.24) is 40.3 Å². The third-order valence-corrected chi connectivity index (χ3v) is 23.9. The van der Waals surface area contributed by atoms with E-state index in [9.17, 15) is 39.7 Å². The van der Waals surface area contributed by atoms with Crippen LogP contribution in [0.3, 0.4) is 0 Å². The summed E-state index contributed by atoms with van der Waals surface area (Å²) in [7, 11) is -6.72. The van der Waals surface area contributed by atoms with E-state index in [1.165, 1.54) is 23.1 Å². The van der Waals surface area contributed by atoms with E-state index in [1.54, 1.807) is 84.9 Å². The lowest BCUT2D eigenvalue weighted by Gasteiger charge is -2.29. The summed E-state index contributed by atoms with van der Waals surface area (Å²) in [6, 6.07) is 73.5. The van der Waals surface area contributed by atoms with Gasteiger partial charge in [-0.2, -0.15) is 4.31 Å². The predicted molar refractivity (Wildman–Crippen MR) is 453 cm³/mol. The Morgan fingerprint density at radius 3 is 1.59 bits per heavy atom. The van der Waals surface area contributed by atoms with Gasteiger partial charge in [0.1, 0.15) is 18.7 Å². The molecule has 1 saturated heterocycles. The van der Waals surface area contributed by atoms with Crippen LogP contribution in [0.5, 0.6) is 0 Å². The highest BCUT2D eigenvalue weighted by molar-refractivity contribution is 7.89. The molecule has 2 aliphatic rings. The van der Waals surface area contributed by atoms with Gasteiger partial charge >= 0.3 is 27.4 Å². The zero-order valence-electron chi connectivity index (χ0n) is 64.3. The van der Waals surface area contributed by atoms with Gasteiger partial charge in [0.2, 0.25) is 33.7 Å². The third-order valence-electron chi connectivity index (χ3n) is 22.0. The summed E-state index contributed by atoms with van der Waals surface area (Å²) in [6.07, 6.45) is -1.91. The maximum atomic E-state index is 15.8. The van der Waals surface area contributed by atoms with Gasteiger partial charge in [0, 0.05) is 108 Å². The number of carbonyl (C=O) groups excluding carboxylic acids is 5. The number of likely N-dealkylation sites (tertiary alicyclic amines) is 1. The van der Waals surface area contributed by atoms with Crippen LogP contribution < -0.4 is 42.6 Å². The van der Waals surface area contributed by atoms with Gasteiger partial charge in [0.05, 0.1) is 17.9 Å². The van der Waals surface area contributed by atoms with Crippen molar-refractivity contribution in [3.05, 3.63) is 294 Å². The SMILES string of the molecule is CN(C)c1cccc2c(S(=O)(=O)N(CC(=O)N3C[C@@H](NC(=O)[C@H](CC(=O)NCCN(Cc4ccccc4B(O)O)Cc4cccc5ccccc45)NC(=O)OCC4c5ccccc5-c5ccccc54)C[C@H]3C(=O)NCCN(Cc3ccccc3B(O)O)Cc3c4ccccc4cc4ccccc34)Cc3ccccc3B(O)O)cccc12. The molecule has 0 spiro atoms. The van der Waals surface area contributed by atoms with Crippen LogP contribution in [0.25, 0.3) is 54.2 Å². The number of ether oxygens (including phenoxy) is 1. The molecular formula is C89H90B3N9O14S. The fourth-order valence-electron chi connectivity index (χ4n) is 16.4. The molecule has 0 bridgehead atoms. The lowest BCUT2D eigenvalue weighted by molar-refractivity contribution is -0.138. The largest absolute Gasteiger partial charge is 0.488 e. The van der Waals surface area contributed by atoms with Gasteiger partial charge in [0.15, 0.2) is 0 Å². The monoisotopic (exact) mass is 1570 g/mol. The highest BCUT2D eigenvalue weighted by Crippen LogP contribution is 2.45. The standard InChI is InChI=1S/C89H90B3N9O14S/c1-97(2)82-42-20-38-75-74(82)37-21-43-84(75)116(113,114)100(54-65-27-8-18-41-80(65)92(111)112)57-86(103)101-55-66(49-83(101)88(105)94-45-47-99(53-64-26-7-17-40-79(64)91(109)110)56-76-68-31-10-4-23-60(68)48-61-24-5-11-32-69(61)76)95-87(104)81(96-89(106)115-58-77-72-35-14-12-33-70(72)71-34-13-15-36-73(71)77)50-85(102)93-44-46-98(52-63-25-6-16-39-78(63)90(107)108)51-62-29-19-28-59-22-3-9-30-67(59)62/h3-43,48,66,77,81,83,107-112H,44-47,49-58H2,1-2H3,(H,93,102)(H,94,105)(H,95,104)(H,96,106)/t66-,81-,83-/m0/s1. The minimum absolute atomic E-state index is 0.0245. The minimum atomic E-state index is -4.76. The van der Waals surface area contributed by atoms with E-state index in [1.807, 2.05) is 169 Å². The molecule has 1 aliphatic heterocycles. The number of nitrogens with zero attached hydrogens (tertiary/aromatic N) is 5. The van der Waals surface area contributed by atoms with Crippen molar-refractivity contribution in [2.45, 2.75) is 74.5 Å². The normalized spacial score (nSPS) is 14.2. The Balaban J connectivity index is 0.771. The van der Waals surface area contributed by atoms with Gasteiger partial charge < -0.3 is 65.9 Å². The molecule has 0 saturated carbocycles. The molecule has 116 heavy (non-hydrogen) atoms. The molecule has 10 N–H and O–H groups in total. The van der Waals surface area contributed by atoms with Crippen molar-refractivity contribution in [3.63, 3.8) is 0 Å². The summed E-state index contributed by atoms with van der Waals surface area (Å²) in [4.78, 5) is 82.9. The Hall–Kier alpha value is -11.6. The van der Waals surface area contributed by atoms with E-state index in [0.29, 0.717) is 46.1 Å². The summed E-state index contributed by atoms with van der Waals surface area (Å²) >= 11 is 0. The van der Waals surface area contributed by atoms with Crippen molar-refractivity contribution in [2.24, 2.45) is 0 Å². The van der Waals surface area contributed by atoms with E-state index < -0.39 is 105 Å². The van der Waals surface area contributed by atoms with Gasteiger partial charge in [-0.05, 0) is 123 Å². The molecule has 1 heterocycles. The lowest BCUT2D eigenvalue weighted by atomic mass is 9.77. The molecule has 27 heteroatoms. The Morgan fingerprint density at radius 1 is 0.509 bits per heavy atom. The molecule has 1 fully saturated rings. The van der Waals surface area contributed by atoms with Crippen molar-refractivity contribution in [1.29, 1.82) is 0 Å². The Bertz CT molecular complexity index is 5640. The number of rotatable bonds is 32. The average molecular weight is 1570 g/mol. The number of hydrogen-bond donors (Lipinski definition) is 10. The zero-order valence-corrected chi connectivity index (χ0v) is 65.1. The number of amides is 5. The number of fused-ring (bicyclic) bond motifs is 7. The number of sulfonamides is 1. The maximum Gasteiger partial charge on any atom is 0.488 e. The predicted octanol–water partition coefficient (Wildman–Crippen LogP) is 6.62. The number of nitrogens with one attached hydrogen (secondary N) is 4. The quantitative estimate of drug-likeness (QED) is 0.0156. The average Bonchev–Trinajstić information content (AvgIpc) is 1.19. The number of benzene rings is 12. The van der Waals surface area contributed by atoms with Gasteiger partial charge in [-0.3, -0.25) is 29.0 Å². The second-order valence-electron chi connectivity index (χ2n) is 29.7. The molecule has 12 aromatic rings. The van der Waals surface area contributed by atoms with Crippen LogP contribution in [0.1, 0.15) is 57.7 Å². The fraction of sp³-hybridized carbons (Fsp3) is 0.225. The molecule has 0 aromatic heterocycles. The first kappa shape index (κ1) is 81.0. The van der Waals surface area contributed by atoms with Crippen LogP contribution in [-0.2, 0) is 66.7 Å². The van der Waals surface area contributed by atoms with E-state index >= 15 is 22.8 Å². The van der Waals surface area contributed by atoms with Crippen LogP contribution in [0.2, 0.25) is 0 Å². The number of carbonyl (C=O) groups is 5.